The van der Waals surface area contributed by atoms with Crippen molar-refractivity contribution in [3.05, 3.63) is 71.8 Å². The number of aliphatic hydroxyl groups excluding tert-OH is 2. The van der Waals surface area contributed by atoms with Crippen molar-refractivity contribution in [1.29, 1.82) is 0 Å². The Kier molecular flexibility index (Phi) is 27.1. The van der Waals surface area contributed by atoms with E-state index >= 15 is 0 Å². The molecule has 11 amide bonds. The number of hydrogen-bond acceptors (Lipinski definition) is 15. The van der Waals surface area contributed by atoms with Crippen molar-refractivity contribution >= 4 is 65.0 Å². The molecule has 0 saturated carbocycles. The van der Waals surface area contributed by atoms with Crippen LogP contribution in [0.2, 0.25) is 0 Å². The number of benzene rings is 2. The minimum Gasteiger partial charge on any atom is -0.394 e. The predicted molar refractivity (Wildman–Crippen MR) is 254 cm³/mol. The predicted octanol–water partition coefficient (Wildman–Crippen LogP) is -6.67. The number of nitrogens with two attached hydrogens (primary N) is 4. The van der Waals surface area contributed by atoms with E-state index in [9.17, 15) is 63.0 Å². The summed E-state index contributed by atoms with van der Waals surface area (Å²) in [5.74, 6) is -10.2. The molecule has 0 radical (unpaired) electrons. The highest BCUT2D eigenvalue weighted by Gasteiger charge is 2.32. The van der Waals surface area contributed by atoms with Gasteiger partial charge in [0.2, 0.25) is 65.0 Å². The lowest BCUT2D eigenvalue weighted by atomic mass is 10.0. The van der Waals surface area contributed by atoms with E-state index in [0.29, 0.717) is 31.4 Å². The van der Waals surface area contributed by atoms with Crippen LogP contribution in [0.4, 0.5) is 0 Å². The van der Waals surface area contributed by atoms with Crippen LogP contribution in [0, 0.1) is 0 Å². The molecule has 7 unspecified atom stereocenters. The third kappa shape index (κ3) is 23.5. The monoisotopic (exact) mass is 997 g/mol. The zero-order valence-electron chi connectivity index (χ0n) is 39.4. The Morgan fingerprint density at radius 2 is 0.986 bits per heavy atom. The van der Waals surface area contributed by atoms with Crippen LogP contribution in [0.1, 0.15) is 56.6 Å². The molecule has 71 heavy (non-hydrogen) atoms. The molecule has 0 aliphatic heterocycles. The maximum absolute atomic E-state index is 13.6. The highest BCUT2D eigenvalue weighted by molar-refractivity contribution is 5.98. The lowest BCUT2D eigenvalue weighted by molar-refractivity contribution is -0.135. The zero-order chi connectivity index (χ0) is 52.9. The Hall–Kier alpha value is -7.55. The van der Waals surface area contributed by atoms with Gasteiger partial charge in [0, 0.05) is 19.4 Å². The summed E-state index contributed by atoms with van der Waals surface area (Å²) in [6.07, 6.45) is 0.000433. The number of carbonyl (C=O) groups excluding carboxylic acids is 11. The summed E-state index contributed by atoms with van der Waals surface area (Å²) in [7, 11) is 0. The van der Waals surface area contributed by atoms with Crippen LogP contribution < -0.4 is 70.8 Å². The minimum atomic E-state index is -1.73. The smallest absolute Gasteiger partial charge is 0.245 e. The van der Waals surface area contributed by atoms with Crippen LogP contribution in [0.3, 0.4) is 0 Å². The Labute approximate surface area is 409 Å². The first kappa shape index (κ1) is 59.6. The number of carbonyl (C=O) groups is 11. The van der Waals surface area contributed by atoms with E-state index in [-0.39, 0.29) is 25.8 Å². The highest BCUT2D eigenvalue weighted by Crippen LogP contribution is 2.07. The van der Waals surface area contributed by atoms with E-state index in [0.717, 1.165) is 5.56 Å². The lowest BCUT2D eigenvalue weighted by Gasteiger charge is -2.25. The van der Waals surface area contributed by atoms with Crippen LogP contribution in [0.15, 0.2) is 60.7 Å². The molecular formula is C45H67N13O13. The normalized spacial score (nSPS) is 13.7. The van der Waals surface area contributed by atoms with Crippen molar-refractivity contribution in [2.45, 2.75) is 101 Å². The van der Waals surface area contributed by atoms with Gasteiger partial charge in [-0.25, -0.2) is 0 Å². The molecule has 390 valence electrons. The molecule has 0 heterocycles. The number of primary amides is 2. The van der Waals surface area contributed by atoms with Gasteiger partial charge in [0.1, 0.15) is 36.3 Å². The van der Waals surface area contributed by atoms with Crippen LogP contribution >= 0.6 is 0 Å². The van der Waals surface area contributed by atoms with Crippen molar-refractivity contribution in [2.75, 3.05) is 39.4 Å². The van der Waals surface area contributed by atoms with Gasteiger partial charge in [-0.15, -0.1) is 0 Å². The second-order valence-corrected chi connectivity index (χ2v) is 16.3. The molecular weight excluding hydrogens is 931 g/mol. The van der Waals surface area contributed by atoms with Crippen molar-refractivity contribution < 1.29 is 63.0 Å². The second-order valence-electron chi connectivity index (χ2n) is 16.3. The van der Waals surface area contributed by atoms with Crippen molar-refractivity contribution in [2.24, 2.45) is 22.9 Å². The molecule has 0 aliphatic rings. The zero-order valence-corrected chi connectivity index (χ0v) is 39.4. The maximum atomic E-state index is 13.6. The first-order valence-electron chi connectivity index (χ1n) is 22.7. The van der Waals surface area contributed by atoms with Crippen molar-refractivity contribution in [3.8, 4) is 0 Å². The van der Waals surface area contributed by atoms with Crippen molar-refractivity contribution in [3.63, 3.8) is 0 Å². The average Bonchev–Trinajstić information content (AvgIpc) is 3.33. The molecule has 26 nitrogen and oxygen atoms in total. The Morgan fingerprint density at radius 1 is 0.507 bits per heavy atom. The fourth-order valence-electron chi connectivity index (χ4n) is 6.44. The van der Waals surface area contributed by atoms with E-state index in [1.165, 1.54) is 6.92 Å². The van der Waals surface area contributed by atoms with E-state index in [1.54, 1.807) is 30.3 Å². The quantitative estimate of drug-likeness (QED) is 0.0296. The van der Waals surface area contributed by atoms with Crippen LogP contribution in [0.5, 0.6) is 0 Å². The topological polar surface area (TPSA) is 441 Å². The SMILES string of the molecule is CC(N)C(=O)NC(CCCCN)C(=O)NC(CO)C(=O)NC(CCC(N)=O)C(=O)NCC(=O)NCC(=O)NC(CO)C(=O)NC(CC(N)=O)C(=O)NC(Cc1ccccc1)C(=O)NCCc1ccccc1. The Morgan fingerprint density at radius 3 is 1.55 bits per heavy atom. The van der Waals surface area contributed by atoms with Gasteiger partial charge < -0.3 is 81.0 Å². The minimum absolute atomic E-state index is 0.0288. The summed E-state index contributed by atoms with van der Waals surface area (Å²) < 4.78 is 0. The molecule has 26 heteroatoms. The molecule has 0 bridgehead atoms. The molecule has 7 atom stereocenters. The number of nitrogens with one attached hydrogen (secondary N) is 9. The third-order valence-electron chi connectivity index (χ3n) is 10.3. The Bertz CT molecular complexity index is 2120. The molecule has 0 aliphatic carbocycles. The number of rotatable bonds is 33. The fraction of sp³-hybridized carbons (Fsp3) is 0.489. The molecule has 19 N–H and O–H groups in total. The summed E-state index contributed by atoms with van der Waals surface area (Å²) in [6, 6.07) is 8.12. The number of unbranched alkanes of at least 4 members (excludes halogenated alkanes) is 1. The maximum Gasteiger partial charge on any atom is 0.245 e. The molecule has 2 aromatic rings. The first-order valence-corrected chi connectivity index (χ1v) is 22.7. The molecule has 2 aromatic carbocycles. The highest BCUT2D eigenvalue weighted by atomic mass is 16.3. The van der Waals surface area contributed by atoms with Gasteiger partial charge in [0.15, 0.2) is 0 Å². The summed E-state index contributed by atoms with van der Waals surface area (Å²) >= 11 is 0. The van der Waals surface area contributed by atoms with Crippen LogP contribution in [0.25, 0.3) is 0 Å². The van der Waals surface area contributed by atoms with Gasteiger partial charge in [0.05, 0.1) is 38.8 Å². The first-order chi connectivity index (χ1) is 33.8. The molecule has 0 spiro atoms. The molecule has 0 fully saturated rings. The van der Waals surface area contributed by atoms with E-state index in [2.05, 4.69) is 47.9 Å². The number of amides is 11. The standard InChI is InChI=1S/C45H67N13O13/c1-26(47)39(65)54-29(14-8-9-18-46)42(68)58-34(25-60)45(71)55-30(15-16-35(48)61)40(66)52-22-37(63)51-23-38(64)53-33(24-59)44(70)57-32(21-36(49)62)43(69)56-31(20-28-12-6-3-7-13-28)41(67)50-19-17-27-10-4-2-5-11-27/h2-7,10-13,26,29-34,59-60H,8-9,14-25,46-47H2,1H3,(H2,48,61)(H2,49,62)(H,50,67)(H,51,63)(H,52,66)(H,53,64)(H,54,65)(H,55,71)(H,56,69)(H,57,70)(H,58,68). The molecule has 2 rings (SSSR count). The largest absolute Gasteiger partial charge is 0.394 e. The van der Waals surface area contributed by atoms with Gasteiger partial charge >= 0.3 is 0 Å². The summed E-state index contributed by atoms with van der Waals surface area (Å²) in [4.78, 5) is 141. The van der Waals surface area contributed by atoms with Gasteiger partial charge in [-0.2, -0.15) is 0 Å². The van der Waals surface area contributed by atoms with Gasteiger partial charge in [0.25, 0.3) is 0 Å². The molecule has 0 saturated heterocycles. The van der Waals surface area contributed by atoms with Crippen LogP contribution in [-0.4, -0.2) is 157 Å². The summed E-state index contributed by atoms with van der Waals surface area (Å²) in [6.45, 7) is -1.68. The fourth-order valence-corrected chi connectivity index (χ4v) is 6.44. The van der Waals surface area contributed by atoms with Gasteiger partial charge in [-0.3, -0.25) is 52.7 Å². The average molecular weight is 998 g/mol. The number of hydrogen-bond donors (Lipinski definition) is 15. The van der Waals surface area contributed by atoms with E-state index in [1.807, 2.05) is 30.3 Å². The van der Waals surface area contributed by atoms with E-state index < -0.39 is 146 Å². The Balaban J connectivity index is 2.03. The second kappa shape index (κ2) is 32.3. The number of aliphatic hydroxyl groups is 2. The van der Waals surface area contributed by atoms with Crippen LogP contribution in [-0.2, 0) is 65.6 Å². The van der Waals surface area contributed by atoms with Gasteiger partial charge in [-0.1, -0.05) is 60.7 Å². The third-order valence-corrected chi connectivity index (χ3v) is 10.3. The molecule has 0 aromatic heterocycles. The summed E-state index contributed by atoms with van der Waals surface area (Å²) in [5.41, 5.74) is 23.4. The van der Waals surface area contributed by atoms with Crippen molar-refractivity contribution in [1.82, 2.24) is 47.9 Å². The summed E-state index contributed by atoms with van der Waals surface area (Å²) in [5, 5.41) is 41.1. The van der Waals surface area contributed by atoms with Gasteiger partial charge in [-0.05, 0) is 56.7 Å². The van der Waals surface area contributed by atoms with E-state index in [4.69, 9.17) is 22.9 Å². The lowest BCUT2D eigenvalue weighted by Crippen LogP contribution is -2.59.